The summed E-state index contributed by atoms with van der Waals surface area (Å²) in [6.45, 7) is 4.36. The van der Waals surface area contributed by atoms with E-state index in [9.17, 15) is 13.2 Å². The third kappa shape index (κ3) is 4.37. The van der Waals surface area contributed by atoms with E-state index in [0.29, 0.717) is 11.8 Å². The molecule has 0 amide bonds. The zero-order valence-corrected chi connectivity index (χ0v) is 12.4. The first-order valence-corrected chi connectivity index (χ1v) is 7.37. The van der Waals surface area contributed by atoms with E-state index in [1.165, 1.54) is 12.1 Å². The van der Waals surface area contributed by atoms with Gasteiger partial charge >= 0.3 is 6.36 Å². The van der Waals surface area contributed by atoms with Crippen molar-refractivity contribution < 1.29 is 17.9 Å². The zero-order valence-electron chi connectivity index (χ0n) is 12.4. The molecule has 0 spiro atoms. The largest absolute Gasteiger partial charge is 0.573 e. The van der Waals surface area contributed by atoms with Crippen molar-refractivity contribution in [2.75, 3.05) is 0 Å². The van der Waals surface area contributed by atoms with Crippen LogP contribution in [0.15, 0.2) is 24.3 Å². The van der Waals surface area contributed by atoms with Gasteiger partial charge in [-0.1, -0.05) is 26.0 Å². The minimum absolute atomic E-state index is 0.00105. The van der Waals surface area contributed by atoms with Crippen LogP contribution in [0.5, 0.6) is 5.75 Å². The SMILES string of the molecule is CC(C)C1CCC(N)C(c2cccc(OC(F)(F)F)c2)C1. The van der Waals surface area contributed by atoms with Crippen LogP contribution < -0.4 is 10.5 Å². The smallest absolute Gasteiger partial charge is 0.406 e. The first-order chi connectivity index (χ1) is 9.76. The first kappa shape index (κ1) is 16.1. The van der Waals surface area contributed by atoms with Gasteiger partial charge in [-0.3, -0.25) is 0 Å². The Morgan fingerprint density at radius 1 is 1.24 bits per heavy atom. The molecular weight excluding hydrogens is 279 g/mol. The van der Waals surface area contributed by atoms with E-state index in [1.54, 1.807) is 6.07 Å². The number of rotatable bonds is 3. The second-order valence-electron chi connectivity index (χ2n) is 6.21. The lowest BCUT2D eigenvalue weighted by atomic mass is 9.71. The highest BCUT2D eigenvalue weighted by Gasteiger charge is 2.33. The van der Waals surface area contributed by atoms with Crippen LogP contribution in [0.4, 0.5) is 13.2 Å². The van der Waals surface area contributed by atoms with Crippen LogP contribution >= 0.6 is 0 Å². The molecule has 0 bridgehead atoms. The highest BCUT2D eigenvalue weighted by Crippen LogP contribution is 2.39. The van der Waals surface area contributed by atoms with Crippen molar-refractivity contribution in [2.45, 2.75) is 51.4 Å². The van der Waals surface area contributed by atoms with Gasteiger partial charge in [0.25, 0.3) is 0 Å². The Morgan fingerprint density at radius 2 is 1.95 bits per heavy atom. The Labute approximate surface area is 123 Å². The van der Waals surface area contributed by atoms with Crippen molar-refractivity contribution in [2.24, 2.45) is 17.6 Å². The van der Waals surface area contributed by atoms with E-state index < -0.39 is 6.36 Å². The number of alkyl halides is 3. The molecule has 0 aliphatic heterocycles. The highest BCUT2D eigenvalue weighted by molar-refractivity contribution is 5.32. The predicted molar refractivity (Wildman–Crippen MR) is 76.0 cm³/mol. The maximum Gasteiger partial charge on any atom is 0.573 e. The fraction of sp³-hybridized carbons (Fsp3) is 0.625. The molecule has 3 unspecified atom stereocenters. The van der Waals surface area contributed by atoms with Crippen LogP contribution in [-0.2, 0) is 0 Å². The molecule has 2 N–H and O–H groups in total. The van der Waals surface area contributed by atoms with Crippen LogP contribution in [0.2, 0.25) is 0 Å². The summed E-state index contributed by atoms with van der Waals surface area (Å²) >= 11 is 0. The van der Waals surface area contributed by atoms with Crippen molar-refractivity contribution >= 4 is 0 Å². The maximum absolute atomic E-state index is 12.3. The molecule has 3 atom stereocenters. The van der Waals surface area contributed by atoms with E-state index in [0.717, 1.165) is 24.8 Å². The molecule has 1 aliphatic carbocycles. The molecule has 1 aromatic carbocycles. The molecule has 0 saturated heterocycles. The fourth-order valence-electron chi connectivity index (χ4n) is 3.16. The number of hydrogen-bond donors (Lipinski definition) is 1. The molecule has 0 radical (unpaired) electrons. The topological polar surface area (TPSA) is 35.2 Å². The minimum atomic E-state index is -4.66. The molecule has 21 heavy (non-hydrogen) atoms. The van der Waals surface area contributed by atoms with Crippen LogP contribution in [0.1, 0.15) is 44.6 Å². The molecule has 0 heterocycles. The van der Waals surface area contributed by atoms with E-state index >= 15 is 0 Å². The summed E-state index contributed by atoms with van der Waals surface area (Å²) in [6, 6.07) is 6.24. The lowest BCUT2D eigenvalue weighted by Crippen LogP contribution is -2.35. The van der Waals surface area contributed by atoms with E-state index in [2.05, 4.69) is 18.6 Å². The number of hydrogen-bond acceptors (Lipinski definition) is 2. The fourth-order valence-corrected chi connectivity index (χ4v) is 3.16. The Balaban J connectivity index is 2.17. The summed E-state index contributed by atoms with van der Waals surface area (Å²) in [4.78, 5) is 0. The third-order valence-electron chi connectivity index (χ3n) is 4.41. The Bertz CT molecular complexity index is 473. The Morgan fingerprint density at radius 3 is 2.57 bits per heavy atom. The molecule has 2 rings (SSSR count). The van der Waals surface area contributed by atoms with Crippen molar-refractivity contribution in [3.63, 3.8) is 0 Å². The lowest BCUT2D eigenvalue weighted by Gasteiger charge is -2.36. The lowest BCUT2D eigenvalue weighted by molar-refractivity contribution is -0.274. The molecule has 1 aliphatic rings. The number of ether oxygens (including phenoxy) is 1. The van der Waals surface area contributed by atoms with Gasteiger partial charge in [0, 0.05) is 6.04 Å². The van der Waals surface area contributed by atoms with Gasteiger partial charge in [-0.15, -0.1) is 13.2 Å². The molecule has 2 nitrogen and oxygen atoms in total. The monoisotopic (exact) mass is 301 g/mol. The molecule has 118 valence electrons. The molecule has 1 fully saturated rings. The van der Waals surface area contributed by atoms with E-state index in [1.807, 2.05) is 6.07 Å². The molecule has 0 aromatic heterocycles. The zero-order chi connectivity index (χ0) is 15.6. The van der Waals surface area contributed by atoms with Gasteiger partial charge in [-0.25, -0.2) is 0 Å². The van der Waals surface area contributed by atoms with Gasteiger partial charge in [-0.05, 0) is 54.7 Å². The number of halogens is 3. The normalized spacial score (nSPS) is 26.9. The summed E-state index contributed by atoms with van der Waals surface area (Å²) in [5.41, 5.74) is 7.03. The molecule has 5 heteroatoms. The maximum atomic E-state index is 12.3. The summed E-state index contributed by atoms with van der Waals surface area (Å²) in [6.07, 6.45) is -1.73. The molecular formula is C16H22F3NO. The van der Waals surface area contributed by atoms with Gasteiger partial charge in [0.2, 0.25) is 0 Å². The van der Waals surface area contributed by atoms with Crippen molar-refractivity contribution in [3.8, 4) is 5.75 Å². The summed E-state index contributed by atoms with van der Waals surface area (Å²) in [5, 5.41) is 0. The van der Waals surface area contributed by atoms with Crippen LogP contribution in [0.25, 0.3) is 0 Å². The van der Waals surface area contributed by atoms with Gasteiger partial charge < -0.3 is 10.5 Å². The van der Waals surface area contributed by atoms with Crippen LogP contribution in [0, 0.1) is 11.8 Å². The number of benzene rings is 1. The van der Waals surface area contributed by atoms with Gasteiger partial charge in [0.1, 0.15) is 5.75 Å². The van der Waals surface area contributed by atoms with Gasteiger partial charge in [0.05, 0.1) is 0 Å². The quantitative estimate of drug-likeness (QED) is 0.895. The van der Waals surface area contributed by atoms with Crippen molar-refractivity contribution in [3.05, 3.63) is 29.8 Å². The number of nitrogens with two attached hydrogens (primary N) is 1. The van der Waals surface area contributed by atoms with Crippen LogP contribution in [0.3, 0.4) is 0 Å². The standard InChI is InChI=1S/C16H22F3NO/c1-10(2)11-6-7-15(20)14(9-11)12-4-3-5-13(8-12)21-16(17,18)19/h3-5,8,10-11,14-15H,6-7,9,20H2,1-2H3. The average Bonchev–Trinajstić information content (AvgIpc) is 2.37. The average molecular weight is 301 g/mol. The van der Waals surface area contributed by atoms with Gasteiger partial charge in [-0.2, -0.15) is 0 Å². The van der Waals surface area contributed by atoms with Crippen LogP contribution in [-0.4, -0.2) is 12.4 Å². The van der Waals surface area contributed by atoms with Crippen molar-refractivity contribution in [1.82, 2.24) is 0 Å². The predicted octanol–water partition coefficient (Wildman–Crippen LogP) is 4.45. The minimum Gasteiger partial charge on any atom is -0.406 e. The molecule has 1 aromatic rings. The molecule has 1 saturated carbocycles. The summed E-state index contributed by atoms with van der Waals surface area (Å²) in [5.74, 6) is 1.07. The summed E-state index contributed by atoms with van der Waals surface area (Å²) < 4.78 is 40.9. The second kappa shape index (κ2) is 6.26. The van der Waals surface area contributed by atoms with Gasteiger partial charge in [0.15, 0.2) is 0 Å². The summed E-state index contributed by atoms with van der Waals surface area (Å²) in [7, 11) is 0. The first-order valence-electron chi connectivity index (χ1n) is 7.37. The Hall–Kier alpha value is -1.23. The second-order valence-corrected chi connectivity index (χ2v) is 6.21. The third-order valence-corrected chi connectivity index (χ3v) is 4.41. The van der Waals surface area contributed by atoms with Crippen molar-refractivity contribution in [1.29, 1.82) is 0 Å². The van der Waals surface area contributed by atoms with E-state index in [-0.39, 0.29) is 17.7 Å². The van der Waals surface area contributed by atoms with E-state index in [4.69, 9.17) is 5.73 Å². The highest BCUT2D eigenvalue weighted by atomic mass is 19.4. The Kier molecular flexibility index (Phi) is 4.81.